The molecule has 35 heavy (non-hydrogen) atoms. The number of methoxy groups -OCH3 is 1. The molecule has 1 fully saturated rings. The van der Waals surface area contributed by atoms with Crippen LogP contribution in [0.1, 0.15) is 40.7 Å². The van der Waals surface area contributed by atoms with Gasteiger partial charge in [-0.3, -0.25) is 9.69 Å². The second-order valence-corrected chi connectivity index (χ2v) is 9.56. The van der Waals surface area contributed by atoms with Crippen LogP contribution in [0.15, 0.2) is 72.8 Å². The maximum absolute atomic E-state index is 12.5. The molecule has 1 amide bonds. The van der Waals surface area contributed by atoms with E-state index in [0.29, 0.717) is 6.04 Å². The van der Waals surface area contributed by atoms with Gasteiger partial charge in [-0.2, -0.15) is 0 Å². The summed E-state index contributed by atoms with van der Waals surface area (Å²) in [6, 6.07) is 25.2. The number of benzene rings is 3. The van der Waals surface area contributed by atoms with Gasteiger partial charge in [0.15, 0.2) is 0 Å². The van der Waals surface area contributed by atoms with Crippen LogP contribution in [0.2, 0.25) is 0 Å². The van der Waals surface area contributed by atoms with E-state index in [4.69, 9.17) is 4.74 Å². The van der Waals surface area contributed by atoms with Crippen molar-refractivity contribution in [3.05, 3.63) is 89.5 Å². The molecule has 1 aliphatic heterocycles. The first-order chi connectivity index (χ1) is 16.7. The predicted octanol–water partition coefficient (Wildman–Crippen LogP) is 5.78. The van der Waals surface area contributed by atoms with Crippen molar-refractivity contribution in [2.24, 2.45) is 5.92 Å². The topological polar surface area (TPSA) is 41.6 Å². The Bertz CT molecular complexity index is 1120. The Morgan fingerprint density at radius 1 is 0.943 bits per heavy atom. The van der Waals surface area contributed by atoms with E-state index in [1.165, 1.54) is 29.7 Å². The number of carbonyl (C=O) groups is 1. The molecule has 3 aromatic rings. The molecule has 1 N–H and O–H groups in total. The van der Waals surface area contributed by atoms with Gasteiger partial charge in [0, 0.05) is 18.2 Å². The van der Waals surface area contributed by atoms with E-state index >= 15 is 0 Å². The molecule has 0 spiro atoms. The van der Waals surface area contributed by atoms with Crippen LogP contribution in [-0.2, 0) is 12.8 Å². The fraction of sp³-hybridized carbons (Fsp3) is 0.367. The number of carbonyl (C=O) groups excluding carboxylic acids is 1. The molecule has 0 unspecified atom stereocenters. The van der Waals surface area contributed by atoms with Gasteiger partial charge in [0.05, 0.1) is 7.11 Å². The smallest absolute Gasteiger partial charge is 0.251 e. The molecule has 1 aliphatic carbocycles. The summed E-state index contributed by atoms with van der Waals surface area (Å²) in [6.07, 6.45) is 5.66. The average Bonchev–Trinajstić information content (AvgIpc) is 3.29. The monoisotopic (exact) mass is 490 g/mol. The Labute approximate surface area is 215 Å². The normalized spacial score (nSPS) is 18.8. The minimum absolute atomic E-state index is 0. The summed E-state index contributed by atoms with van der Waals surface area (Å²) in [5, 5.41) is 3.09. The Kier molecular flexibility index (Phi) is 8.48. The van der Waals surface area contributed by atoms with Gasteiger partial charge in [-0.05, 0) is 91.6 Å². The first-order valence-electron chi connectivity index (χ1n) is 12.6. The van der Waals surface area contributed by atoms with E-state index in [0.717, 1.165) is 61.6 Å². The Morgan fingerprint density at radius 2 is 1.71 bits per heavy atom. The summed E-state index contributed by atoms with van der Waals surface area (Å²) in [4.78, 5) is 15.2. The summed E-state index contributed by atoms with van der Waals surface area (Å²) in [7, 11) is 1.78. The van der Waals surface area contributed by atoms with Gasteiger partial charge in [0.25, 0.3) is 5.91 Å². The number of nitrogens with zero attached hydrogens (tertiary/aromatic N) is 1. The highest BCUT2D eigenvalue weighted by atomic mass is 35.5. The lowest BCUT2D eigenvalue weighted by Gasteiger charge is -2.33. The molecule has 0 radical (unpaired) electrons. The van der Waals surface area contributed by atoms with Crippen LogP contribution >= 0.6 is 12.4 Å². The molecule has 1 heterocycles. The second kappa shape index (κ2) is 11.7. The summed E-state index contributed by atoms with van der Waals surface area (Å²) in [5.41, 5.74) is 5.90. The van der Waals surface area contributed by atoms with Crippen LogP contribution < -0.4 is 10.1 Å². The van der Waals surface area contributed by atoms with Gasteiger partial charge in [0.2, 0.25) is 0 Å². The fourth-order valence-electron chi connectivity index (χ4n) is 5.70. The maximum atomic E-state index is 12.5. The maximum Gasteiger partial charge on any atom is 0.251 e. The highest BCUT2D eigenvalue weighted by molar-refractivity contribution is 5.94. The molecule has 2 aliphatic rings. The molecule has 5 rings (SSSR count). The van der Waals surface area contributed by atoms with Crippen molar-refractivity contribution in [2.45, 2.75) is 38.1 Å². The lowest BCUT2D eigenvalue weighted by atomic mass is 9.80. The Morgan fingerprint density at radius 3 is 2.49 bits per heavy atom. The molecular formula is C30H35ClN2O2. The van der Waals surface area contributed by atoms with E-state index in [2.05, 4.69) is 40.5 Å². The predicted molar refractivity (Wildman–Crippen MR) is 145 cm³/mol. The Hall–Kier alpha value is -2.82. The molecule has 0 aromatic heterocycles. The molecule has 3 aromatic carbocycles. The molecular weight excluding hydrogens is 456 g/mol. The van der Waals surface area contributed by atoms with Crippen molar-refractivity contribution in [3.63, 3.8) is 0 Å². The molecule has 4 nitrogen and oxygen atoms in total. The molecule has 2 atom stereocenters. The number of amides is 1. The number of halogens is 1. The molecule has 1 saturated heterocycles. The minimum Gasteiger partial charge on any atom is -0.496 e. The van der Waals surface area contributed by atoms with Gasteiger partial charge < -0.3 is 10.1 Å². The lowest BCUT2D eigenvalue weighted by molar-refractivity contribution is 0.0952. The zero-order valence-corrected chi connectivity index (χ0v) is 21.2. The zero-order chi connectivity index (χ0) is 23.3. The van der Waals surface area contributed by atoms with Crippen molar-refractivity contribution < 1.29 is 9.53 Å². The molecule has 0 saturated carbocycles. The number of hydrogen-bond donors (Lipinski definition) is 1. The standard InChI is InChI=1S/C30H34N2O2.ClH/c1-34-29-11-7-10-25-21-28-26(20-27(25)29)16-19-32(28)18-6-5-17-31-30(33)24-14-12-23(13-15-24)22-8-3-2-4-9-22;/h2-4,7-15,26,28H,5-6,16-21H2,1H3,(H,31,33);1H/t26-,28+;/m1./s1. The molecule has 5 heteroatoms. The van der Waals surface area contributed by atoms with Crippen LogP contribution in [-0.4, -0.2) is 43.6 Å². The highest BCUT2D eigenvalue weighted by Gasteiger charge is 2.38. The van der Waals surface area contributed by atoms with Crippen LogP contribution in [0, 0.1) is 5.92 Å². The summed E-state index contributed by atoms with van der Waals surface area (Å²) < 4.78 is 5.61. The first kappa shape index (κ1) is 25.3. The van der Waals surface area contributed by atoms with Crippen molar-refractivity contribution >= 4 is 18.3 Å². The van der Waals surface area contributed by atoms with Crippen molar-refractivity contribution in [1.82, 2.24) is 10.2 Å². The Balaban J connectivity index is 0.00000289. The largest absolute Gasteiger partial charge is 0.496 e. The van der Waals surface area contributed by atoms with Gasteiger partial charge >= 0.3 is 0 Å². The number of nitrogens with one attached hydrogen (secondary N) is 1. The van der Waals surface area contributed by atoms with Crippen LogP contribution in [0.3, 0.4) is 0 Å². The number of rotatable bonds is 8. The van der Waals surface area contributed by atoms with Crippen LogP contribution in [0.25, 0.3) is 11.1 Å². The third kappa shape index (κ3) is 5.71. The summed E-state index contributed by atoms with van der Waals surface area (Å²) in [6.45, 7) is 3.02. The van der Waals surface area contributed by atoms with Gasteiger partial charge in [-0.15, -0.1) is 12.4 Å². The third-order valence-corrected chi connectivity index (χ3v) is 7.56. The summed E-state index contributed by atoms with van der Waals surface area (Å²) >= 11 is 0. The zero-order valence-electron chi connectivity index (χ0n) is 20.4. The number of likely N-dealkylation sites (tertiary alicyclic amines) is 1. The van der Waals surface area contributed by atoms with Crippen molar-refractivity contribution in [2.75, 3.05) is 26.7 Å². The molecule has 0 bridgehead atoms. The number of unbranched alkanes of at least 4 members (excludes halogenated alkanes) is 1. The SMILES string of the molecule is COc1cccc2c1C[C@H]1CCN(CCCCNC(=O)c3ccc(-c4ccccc4)cc3)[C@H]1C2.Cl. The third-order valence-electron chi connectivity index (χ3n) is 7.56. The second-order valence-electron chi connectivity index (χ2n) is 9.56. The van der Waals surface area contributed by atoms with Gasteiger partial charge in [-0.25, -0.2) is 0 Å². The van der Waals surface area contributed by atoms with E-state index in [1.807, 2.05) is 42.5 Å². The van der Waals surface area contributed by atoms with E-state index in [9.17, 15) is 4.79 Å². The first-order valence-corrected chi connectivity index (χ1v) is 12.6. The van der Waals surface area contributed by atoms with E-state index in [-0.39, 0.29) is 18.3 Å². The van der Waals surface area contributed by atoms with Crippen LogP contribution in [0.4, 0.5) is 0 Å². The lowest BCUT2D eigenvalue weighted by Crippen LogP contribution is -2.39. The van der Waals surface area contributed by atoms with E-state index in [1.54, 1.807) is 7.11 Å². The highest BCUT2D eigenvalue weighted by Crippen LogP contribution is 2.39. The number of hydrogen-bond acceptors (Lipinski definition) is 3. The van der Waals surface area contributed by atoms with Gasteiger partial charge in [-0.1, -0.05) is 54.6 Å². The van der Waals surface area contributed by atoms with Crippen molar-refractivity contribution in [1.29, 1.82) is 0 Å². The van der Waals surface area contributed by atoms with Crippen molar-refractivity contribution in [3.8, 4) is 16.9 Å². The summed E-state index contributed by atoms with van der Waals surface area (Å²) in [5.74, 6) is 1.81. The van der Waals surface area contributed by atoms with Crippen LogP contribution in [0.5, 0.6) is 5.75 Å². The average molecular weight is 491 g/mol. The van der Waals surface area contributed by atoms with Gasteiger partial charge in [0.1, 0.15) is 5.75 Å². The fourth-order valence-corrected chi connectivity index (χ4v) is 5.70. The number of fused-ring (bicyclic) bond motifs is 2. The number of ether oxygens (including phenoxy) is 1. The quantitative estimate of drug-likeness (QED) is 0.407. The minimum atomic E-state index is 0. The van der Waals surface area contributed by atoms with E-state index < -0.39 is 0 Å². The molecule has 184 valence electrons.